The standard InChI is InChI=1S/C8H9N3O/c9-8-5-6-3-1-2-4-7(6)12-11(8)10/h1-5H,9-10H2. The highest BCUT2D eigenvalue weighted by atomic mass is 16.7. The molecule has 0 unspecified atom stereocenters. The van der Waals surface area contributed by atoms with Crippen LogP contribution in [0.2, 0.25) is 0 Å². The number of nitrogens with two attached hydrogens (primary N) is 2. The van der Waals surface area contributed by atoms with Crippen LogP contribution in [-0.4, -0.2) is 5.17 Å². The van der Waals surface area contributed by atoms with Crippen LogP contribution in [0.5, 0.6) is 5.75 Å². The number of hydrogen-bond donors (Lipinski definition) is 2. The van der Waals surface area contributed by atoms with Gasteiger partial charge in [-0.25, -0.2) is 5.84 Å². The summed E-state index contributed by atoms with van der Waals surface area (Å²) < 4.78 is 0. The Hall–Kier alpha value is -1.68. The zero-order valence-corrected chi connectivity index (χ0v) is 6.40. The number of para-hydroxylation sites is 1. The number of benzene rings is 1. The summed E-state index contributed by atoms with van der Waals surface area (Å²) in [7, 11) is 0. The first-order chi connectivity index (χ1) is 5.77. The Labute approximate surface area is 69.9 Å². The molecule has 1 aromatic rings. The van der Waals surface area contributed by atoms with Crippen molar-refractivity contribution in [2.45, 2.75) is 0 Å². The number of rotatable bonds is 0. The van der Waals surface area contributed by atoms with Crippen molar-refractivity contribution in [2.75, 3.05) is 0 Å². The molecule has 0 bridgehead atoms. The molecule has 1 aliphatic heterocycles. The summed E-state index contributed by atoms with van der Waals surface area (Å²) in [6.07, 6.45) is 1.76. The van der Waals surface area contributed by atoms with Crippen molar-refractivity contribution in [1.82, 2.24) is 5.17 Å². The van der Waals surface area contributed by atoms with E-state index in [0.29, 0.717) is 11.6 Å². The highest BCUT2D eigenvalue weighted by Gasteiger charge is 2.12. The number of nitrogens with zero attached hydrogens (tertiary/aromatic N) is 1. The number of hydrogen-bond acceptors (Lipinski definition) is 4. The van der Waals surface area contributed by atoms with Crippen LogP contribution < -0.4 is 16.4 Å². The van der Waals surface area contributed by atoms with Gasteiger partial charge in [-0.1, -0.05) is 18.2 Å². The molecule has 4 nitrogen and oxygen atoms in total. The van der Waals surface area contributed by atoms with Crippen molar-refractivity contribution in [2.24, 2.45) is 11.6 Å². The van der Waals surface area contributed by atoms with Gasteiger partial charge in [-0.2, -0.15) is 0 Å². The zero-order valence-electron chi connectivity index (χ0n) is 6.40. The van der Waals surface area contributed by atoms with Gasteiger partial charge in [-0.15, -0.1) is 5.17 Å². The summed E-state index contributed by atoms with van der Waals surface area (Å²) in [5.74, 6) is 6.52. The van der Waals surface area contributed by atoms with Gasteiger partial charge in [-0.05, 0) is 12.1 Å². The van der Waals surface area contributed by atoms with Crippen LogP contribution in [0.4, 0.5) is 0 Å². The lowest BCUT2D eigenvalue weighted by atomic mass is 10.2. The van der Waals surface area contributed by atoms with Gasteiger partial charge in [0.15, 0.2) is 11.6 Å². The lowest BCUT2D eigenvalue weighted by Gasteiger charge is -2.23. The monoisotopic (exact) mass is 163 g/mol. The Balaban J connectivity index is 2.49. The third-order valence-corrected chi connectivity index (χ3v) is 1.67. The molecule has 0 spiro atoms. The van der Waals surface area contributed by atoms with E-state index in [1.165, 1.54) is 0 Å². The molecule has 0 fully saturated rings. The Morgan fingerprint density at radius 1 is 1.25 bits per heavy atom. The van der Waals surface area contributed by atoms with Crippen LogP contribution in [0.15, 0.2) is 30.1 Å². The van der Waals surface area contributed by atoms with Crippen molar-refractivity contribution in [1.29, 1.82) is 0 Å². The number of fused-ring (bicyclic) bond motifs is 1. The summed E-state index contributed by atoms with van der Waals surface area (Å²) in [4.78, 5) is 5.16. The quantitative estimate of drug-likeness (QED) is 0.544. The topological polar surface area (TPSA) is 64.5 Å². The molecule has 0 atom stereocenters. The van der Waals surface area contributed by atoms with Crippen molar-refractivity contribution in [3.05, 3.63) is 35.6 Å². The minimum atomic E-state index is 0.397. The van der Waals surface area contributed by atoms with Crippen LogP contribution >= 0.6 is 0 Å². The summed E-state index contributed by atoms with van der Waals surface area (Å²) >= 11 is 0. The highest BCUT2D eigenvalue weighted by Crippen LogP contribution is 2.24. The lowest BCUT2D eigenvalue weighted by molar-refractivity contribution is -0.0275. The third-order valence-electron chi connectivity index (χ3n) is 1.67. The largest absolute Gasteiger partial charge is 0.381 e. The molecule has 62 valence electrons. The van der Waals surface area contributed by atoms with Gasteiger partial charge in [0.25, 0.3) is 0 Å². The van der Waals surface area contributed by atoms with Crippen LogP contribution in [0.1, 0.15) is 5.56 Å². The van der Waals surface area contributed by atoms with E-state index in [0.717, 1.165) is 10.7 Å². The smallest absolute Gasteiger partial charge is 0.164 e. The van der Waals surface area contributed by atoms with E-state index >= 15 is 0 Å². The number of hydrazine groups is 1. The molecule has 0 aliphatic carbocycles. The molecule has 0 radical (unpaired) electrons. The van der Waals surface area contributed by atoms with Gasteiger partial charge in [0.2, 0.25) is 0 Å². The Kier molecular flexibility index (Phi) is 1.41. The molecule has 0 saturated carbocycles. The maximum absolute atomic E-state index is 5.53. The van der Waals surface area contributed by atoms with Gasteiger partial charge in [0.05, 0.1) is 0 Å². The molecular weight excluding hydrogens is 154 g/mol. The van der Waals surface area contributed by atoms with Gasteiger partial charge in [0.1, 0.15) is 0 Å². The molecule has 4 heteroatoms. The Morgan fingerprint density at radius 3 is 2.83 bits per heavy atom. The molecule has 4 N–H and O–H groups in total. The second-order valence-corrected chi connectivity index (χ2v) is 2.52. The van der Waals surface area contributed by atoms with Crippen molar-refractivity contribution in [3.8, 4) is 5.75 Å². The fourth-order valence-electron chi connectivity index (χ4n) is 1.06. The molecule has 0 aromatic heterocycles. The molecule has 1 heterocycles. The average molecular weight is 163 g/mol. The Bertz CT molecular complexity index is 335. The van der Waals surface area contributed by atoms with E-state index in [-0.39, 0.29) is 0 Å². The summed E-state index contributed by atoms with van der Waals surface area (Å²) in [5.41, 5.74) is 6.47. The third kappa shape index (κ3) is 0.981. The van der Waals surface area contributed by atoms with Crippen LogP contribution in [0.25, 0.3) is 6.08 Å². The SMILES string of the molecule is NC1=Cc2ccccc2ON1N. The summed E-state index contributed by atoms with van der Waals surface area (Å²) in [5, 5.41) is 1.04. The van der Waals surface area contributed by atoms with Crippen molar-refractivity contribution >= 4 is 6.08 Å². The predicted octanol–water partition coefficient (Wildman–Crippen LogP) is 0.427. The first-order valence-corrected chi connectivity index (χ1v) is 3.56. The van der Waals surface area contributed by atoms with Gasteiger partial charge in [-0.3, -0.25) is 0 Å². The maximum atomic E-state index is 5.53. The second-order valence-electron chi connectivity index (χ2n) is 2.52. The minimum Gasteiger partial charge on any atom is -0.381 e. The van der Waals surface area contributed by atoms with Gasteiger partial charge in [0, 0.05) is 5.56 Å². The van der Waals surface area contributed by atoms with E-state index < -0.39 is 0 Å². The fourth-order valence-corrected chi connectivity index (χ4v) is 1.06. The molecule has 0 saturated heterocycles. The van der Waals surface area contributed by atoms with Crippen LogP contribution in [-0.2, 0) is 0 Å². The number of hydroxylamine groups is 1. The lowest BCUT2D eigenvalue weighted by Crippen LogP contribution is -2.39. The Morgan fingerprint density at radius 2 is 2.00 bits per heavy atom. The van der Waals surface area contributed by atoms with Crippen LogP contribution in [0.3, 0.4) is 0 Å². The first kappa shape index (κ1) is 7.00. The highest BCUT2D eigenvalue weighted by molar-refractivity contribution is 5.60. The van der Waals surface area contributed by atoms with Gasteiger partial charge >= 0.3 is 0 Å². The molecular formula is C8H9N3O. The van der Waals surface area contributed by atoms with E-state index in [1.807, 2.05) is 24.3 Å². The summed E-state index contributed by atoms with van der Waals surface area (Å²) in [6.45, 7) is 0. The normalized spacial score (nSPS) is 14.8. The van der Waals surface area contributed by atoms with E-state index in [1.54, 1.807) is 6.08 Å². The second kappa shape index (κ2) is 2.42. The zero-order chi connectivity index (χ0) is 8.55. The molecule has 1 aromatic carbocycles. The molecule has 2 rings (SSSR count). The molecule has 0 amide bonds. The van der Waals surface area contributed by atoms with E-state index in [9.17, 15) is 0 Å². The fraction of sp³-hybridized carbons (Fsp3) is 0. The first-order valence-electron chi connectivity index (χ1n) is 3.56. The average Bonchev–Trinajstić information content (AvgIpc) is 2.07. The predicted molar refractivity (Wildman–Crippen MR) is 45.3 cm³/mol. The molecule has 12 heavy (non-hydrogen) atoms. The van der Waals surface area contributed by atoms with Crippen molar-refractivity contribution in [3.63, 3.8) is 0 Å². The minimum absolute atomic E-state index is 0.397. The van der Waals surface area contributed by atoms with Crippen LogP contribution in [0, 0.1) is 0 Å². The van der Waals surface area contributed by atoms with E-state index in [4.69, 9.17) is 16.4 Å². The van der Waals surface area contributed by atoms with E-state index in [2.05, 4.69) is 0 Å². The van der Waals surface area contributed by atoms with Crippen molar-refractivity contribution < 1.29 is 4.84 Å². The molecule has 1 aliphatic rings. The van der Waals surface area contributed by atoms with Gasteiger partial charge < -0.3 is 10.6 Å². The summed E-state index contributed by atoms with van der Waals surface area (Å²) in [6, 6.07) is 7.54. The maximum Gasteiger partial charge on any atom is 0.164 e.